The third-order valence-corrected chi connectivity index (χ3v) is 5.77. The van der Waals surface area contributed by atoms with Crippen LogP contribution >= 0.6 is 11.3 Å². The molecule has 0 unspecified atom stereocenters. The van der Waals surface area contributed by atoms with Crippen molar-refractivity contribution in [3.05, 3.63) is 46.1 Å². The van der Waals surface area contributed by atoms with Crippen molar-refractivity contribution in [1.82, 2.24) is 0 Å². The van der Waals surface area contributed by atoms with Gasteiger partial charge in [-0.3, -0.25) is 9.59 Å². The Morgan fingerprint density at radius 2 is 2.00 bits per heavy atom. The lowest BCUT2D eigenvalue weighted by atomic mass is 10.1. The van der Waals surface area contributed by atoms with Crippen molar-refractivity contribution < 1.29 is 23.5 Å². The van der Waals surface area contributed by atoms with E-state index in [-0.39, 0.29) is 30.5 Å². The highest BCUT2D eigenvalue weighted by molar-refractivity contribution is 7.16. The fraction of sp³-hybridized carbons (Fsp3) is 0.316. The predicted molar refractivity (Wildman–Crippen MR) is 101 cm³/mol. The molecule has 1 aliphatic heterocycles. The molecule has 142 valence electrons. The summed E-state index contributed by atoms with van der Waals surface area (Å²) in [6.45, 7) is 3.72. The van der Waals surface area contributed by atoms with Gasteiger partial charge in [0.1, 0.15) is 10.8 Å². The van der Waals surface area contributed by atoms with Gasteiger partial charge in [0.05, 0.1) is 24.3 Å². The topological polar surface area (TPSA) is 75.7 Å². The fourth-order valence-electron chi connectivity index (χ4n) is 3.06. The second-order valence-corrected chi connectivity index (χ2v) is 7.55. The van der Waals surface area contributed by atoms with Crippen molar-refractivity contribution in [3.8, 4) is 0 Å². The monoisotopic (exact) mass is 390 g/mol. The predicted octanol–water partition coefficient (Wildman–Crippen LogP) is 3.28. The van der Waals surface area contributed by atoms with Crippen molar-refractivity contribution in [2.24, 2.45) is 5.92 Å². The number of methoxy groups -OCH3 is 1. The number of nitrogens with zero attached hydrogens (tertiary/aromatic N) is 1. The highest BCUT2D eigenvalue weighted by Gasteiger charge is 2.37. The Kier molecular flexibility index (Phi) is 5.27. The summed E-state index contributed by atoms with van der Waals surface area (Å²) in [7, 11) is 1.28. The highest BCUT2D eigenvalue weighted by Crippen LogP contribution is 2.34. The fourth-order valence-corrected chi connectivity index (χ4v) is 4.11. The Bertz CT molecular complexity index is 924. The van der Waals surface area contributed by atoms with Crippen LogP contribution in [0, 0.1) is 25.6 Å². The number of benzene rings is 1. The van der Waals surface area contributed by atoms with E-state index in [0.29, 0.717) is 10.6 Å². The maximum absolute atomic E-state index is 14.0. The Morgan fingerprint density at radius 3 is 2.67 bits per heavy atom. The van der Waals surface area contributed by atoms with E-state index in [0.717, 1.165) is 10.4 Å². The number of ether oxygens (including phenoxy) is 1. The SMILES string of the molecule is COC(=O)c1c(NC(=O)[C@H]2CC(=O)N(c3ccccc3F)C2)sc(C)c1C. The number of esters is 1. The van der Waals surface area contributed by atoms with E-state index in [4.69, 9.17) is 4.74 Å². The second kappa shape index (κ2) is 7.48. The minimum Gasteiger partial charge on any atom is -0.465 e. The number of rotatable bonds is 4. The summed E-state index contributed by atoms with van der Waals surface area (Å²) >= 11 is 1.28. The molecule has 0 saturated carbocycles. The van der Waals surface area contributed by atoms with Crippen LogP contribution in [0.5, 0.6) is 0 Å². The van der Waals surface area contributed by atoms with Gasteiger partial charge in [0.2, 0.25) is 11.8 Å². The van der Waals surface area contributed by atoms with Gasteiger partial charge in [-0.05, 0) is 31.5 Å². The molecule has 1 saturated heterocycles. The minimum atomic E-state index is -0.634. The van der Waals surface area contributed by atoms with Crippen molar-refractivity contribution in [2.45, 2.75) is 20.3 Å². The quantitative estimate of drug-likeness (QED) is 0.813. The van der Waals surface area contributed by atoms with Gasteiger partial charge >= 0.3 is 5.97 Å². The molecule has 2 amide bonds. The van der Waals surface area contributed by atoms with Crippen LogP contribution in [0.25, 0.3) is 0 Å². The number of nitrogens with one attached hydrogen (secondary N) is 1. The maximum Gasteiger partial charge on any atom is 0.341 e. The van der Waals surface area contributed by atoms with Crippen LogP contribution in [0.4, 0.5) is 15.1 Å². The van der Waals surface area contributed by atoms with Crippen molar-refractivity contribution >= 4 is 39.8 Å². The molecule has 2 aromatic rings. The smallest absolute Gasteiger partial charge is 0.341 e. The number of anilines is 2. The average Bonchev–Trinajstić information content (AvgIpc) is 3.15. The summed E-state index contributed by atoms with van der Waals surface area (Å²) in [5.41, 5.74) is 1.23. The average molecular weight is 390 g/mol. The van der Waals surface area contributed by atoms with E-state index in [2.05, 4.69) is 5.32 Å². The largest absolute Gasteiger partial charge is 0.465 e. The van der Waals surface area contributed by atoms with Gasteiger partial charge in [-0.1, -0.05) is 12.1 Å². The molecule has 1 aromatic heterocycles. The molecule has 2 heterocycles. The van der Waals surface area contributed by atoms with Gasteiger partial charge in [0, 0.05) is 17.8 Å². The molecule has 1 aliphatic rings. The molecule has 0 radical (unpaired) electrons. The van der Waals surface area contributed by atoms with Crippen molar-refractivity contribution in [2.75, 3.05) is 23.9 Å². The molecule has 1 fully saturated rings. The number of halogens is 1. The van der Waals surface area contributed by atoms with Crippen molar-refractivity contribution in [1.29, 1.82) is 0 Å². The highest BCUT2D eigenvalue weighted by atomic mass is 32.1. The zero-order chi connectivity index (χ0) is 19.7. The zero-order valence-electron chi connectivity index (χ0n) is 15.2. The number of carbonyl (C=O) groups excluding carboxylic acids is 3. The van der Waals surface area contributed by atoms with Gasteiger partial charge in [-0.25, -0.2) is 9.18 Å². The summed E-state index contributed by atoms with van der Waals surface area (Å²) < 4.78 is 18.8. The number of hydrogen-bond acceptors (Lipinski definition) is 5. The third kappa shape index (κ3) is 3.57. The molecule has 0 aliphatic carbocycles. The van der Waals surface area contributed by atoms with E-state index in [1.54, 1.807) is 19.1 Å². The van der Waals surface area contributed by atoms with E-state index < -0.39 is 17.7 Å². The van der Waals surface area contributed by atoms with E-state index in [9.17, 15) is 18.8 Å². The number of hydrogen-bond donors (Lipinski definition) is 1. The van der Waals surface area contributed by atoms with Gasteiger partial charge in [0.25, 0.3) is 0 Å². The standard InChI is InChI=1S/C19H19FN2O4S/c1-10-11(2)27-18(16(10)19(25)26-3)21-17(24)12-8-15(23)22(9-12)14-7-5-4-6-13(14)20/h4-7,12H,8-9H2,1-3H3,(H,21,24)/t12-/m0/s1. The van der Waals surface area contributed by atoms with Crippen LogP contribution < -0.4 is 10.2 Å². The summed E-state index contributed by atoms with van der Waals surface area (Å²) in [4.78, 5) is 39.2. The molecule has 27 heavy (non-hydrogen) atoms. The first kappa shape index (κ1) is 19.0. The molecule has 3 rings (SSSR count). The third-order valence-electron chi connectivity index (χ3n) is 4.65. The number of amides is 2. The van der Waals surface area contributed by atoms with E-state index in [1.807, 2.05) is 6.92 Å². The second-order valence-electron chi connectivity index (χ2n) is 6.33. The van der Waals surface area contributed by atoms with Gasteiger partial charge in [-0.2, -0.15) is 0 Å². The number of thiophene rings is 1. The van der Waals surface area contributed by atoms with E-state index in [1.165, 1.54) is 35.5 Å². The summed E-state index contributed by atoms with van der Waals surface area (Å²) in [5.74, 6) is -2.36. The van der Waals surface area contributed by atoms with Crippen molar-refractivity contribution in [3.63, 3.8) is 0 Å². The Morgan fingerprint density at radius 1 is 1.30 bits per heavy atom. The van der Waals surface area contributed by atoms with Gasteiger partial charge in [0.15, 0.2) is 0 Å². The molecule has 1 N–H and O–H groups in total. The summed E-state index contributed by atoms with van der Waals surface area (Å²) in [6.07, 6.45) is -0.0168. The molecule has 1 atom stereocenters. The molecule has 8 heteroatoms. The first-order chi connectivity index (χ1) is 12.8. The zero-order valence-corrected chi connectivity index (χ0v) is 16.0. The Hall–Kier alpha value is -2.74. The summed E-state index contributed by atoms with van der Waals surface area (Å²) in [5, 5.41) is 3.14. The normalized spacial score (nSPS) is 16.5. The minimum absolute atomic E-state index is 0.0168. The Labute approximate surface area is 159 Å². The molecule has 0 bridgehead atoms. The van der Waals surface area contributed by atoms with Crippen LogP contribution in [0.2, 0.25) is 0 Å². The molecule has 0 spiro atoms. The molecular formula is C19H19FN2O4S. The number of carbonyl (C=O) groups is 3. The molecule has 1 aromatic carbocycles. The molecular weight excluding hydrogens is 371 g/mol. The lowest BCUT2D eigenvalue weighted by Gasteiger charge is -2.17. The van der Waals surface area contributed by atoms with Crippen LogP contribution in [-0.4, -0.2) is 31.4 Å². The maximum atomic E-state index is 14.0. The first-order valence-electron chi connectivity index (χ1n) is 8.37. The first-order valence-corrected chi connectivity index (χ1v) is 9.19. The van der Waals surface area contributed by atoms with Crippen LogP contribution in [-0.2, 0) is 14.3 Å². The van der Waals surface area contributed by atoms with Gasteiger partial charge < -0.3 is 15.0 Å². The molecule has 6 nitrogen and oxygen atoms in total. The van der Waals surface area contributed by atoms with Gasteiger partial charge in [-0.15, -0.1) is 11.3 Å². The van der Waals surface area contributed by atoms with Crippen LogP contribution in [0.3, 0.4) is 0 Å². The van der Waals surface area contributed by atoms with E-state index >= 15 is 0 Å². The number of para-hydroxylation sites is 1. The van der Waals surface area contributed by atoms with Crippen LogP contribution in [0.15, 0.2) is 24.3 Å². The lowest BCUT2D eigenvalue weighted by molar-refractivity contribution is -0.122. The lowest BCUT2D eigenvalue weighted by Crippen LogP contribution is -2.28. The summed E-state index contributed by atoms with van der Waals surface area (Å²) in [6, 6.07) is 5.96. The number of aryl methyl sites for hydroxylation is 1. The Balaban J connectivity index is 1.79. The van der Waals surface area contributed by atoms with Crippen LogP contribution in [0.1, 0.15) is 27.2 Å².